The summed E-state index contributed by atoms with van der Waals surface area (Å²) in [7, 11) is 0. The number of rotatable bonds is 10. The summed E-state index contributed by atoms with van der Waals surface area (Å²) in [5, 5.41) is 22.2. The van der Waals surface area contributed by atoms with Gasteiger partial charge in [0.15, 0.2) is 11.5 Å². The smallest absolute Gasteiger partial charge is 0.312 e. The van der Waals surface area contributed by atoms with Gasteiger partial charge >= 0.3 is 5.97 Å². The van der Waals surface area contributed by atoms with Crippen LogP contribution in [0.3, 0.4) is 0 Å². The molecule has 0 bridgehead atoms. The molecule has 0 heterocycles. The summed E-state index contributed by atoms with van der Waals surface area (Å²) < 4.78 is 5.97. The van der Waals surface area contributed by atoms with Crippen LogP contribution in [0.15, 0.2) is 100 Å². The maximum absolute atomic E-state index is 13.5. The number of hydrogen-bond donors (Lipinski definition) is 3. The molecule has 0 spiro atoms. The molecule has 2 unspecified atom stereocenters. The predicted octanol–water partition coefficient (Wildman–Crippen LogP) is 6.31. The van der Waals surface area contributed by atoms with Crippen molar-refractivity contribution in [2.75, 3.05) is 13.2 Å². The maximum Gasteiger partial charge on any atom is 0.312 e. The van der Waals surface area contributed by atoms with E-state index in [4.69, 9.17) is 4.74 Å². The lowest BCUT2D eigenvalue weighted by molar-refractivity contribution is -0.157. The Morgan fingerprint density at radius 3 is 2.56 bits per heavy atom. The highest BCUT2D eigenvalue weighted by atomic mass is 16.5. The number of carbonyl (C=O) groups is 2. The van der Waals surface area contributed by atoms with Crippen molar-refractivity contribution in [1.82, 2.24) is 5.32 Å². The Labute approximate surface area is 242 Å². The van der Waals surface area contributed by atoms with Gasteiger partial charge in [0.2, 0.25) is 5.91 Å². The number of phenols is 2. The van der Waals surface area contributed by atoms with Crippen molar-refractivity contribution in [2.24, 2.45) is 16.7 Å². The second kappa shape index (κ2) is 11.1. The summed E-state index contributed by atoms with van der Waals surface area (Å²) in [6, 6.07) is 4.63. The molecule has 3 N–H and O–H groups in total. The molecule has 0 radical (unpaired) electrons. The molecule has 6 heteroatoms. The van der Waals surface area contributed by atoms with Crippen LogP contribution in [-0.4, -0.2) is 35.2 Å². The molecule has 4 aliphatic rings. The lowest BCUT2D eigenvalue weighted by atomic mass is 9.67. The minimum absolute atomic E-state index is 0.145. The van der Waals surface area contributed by atoms with Gasteiger partial charge in [0.25, 0.3) is 0 Å². The third-order valence-electron chi connectivity index (χ3n) is 8.82. The zero-order valence-corrected chi connectivity index (χ0v) is 24.3. The molecule has 1 aromatic carbocycles. The molecule has 1 aromatic rings. The second-order valence-corrected chi connectivity index (χ2v) is 12.3. The van der Waals surface area contributed by atoms with E-state index >= 15 is 0 Å². The number of aromatic hydroxyl groups is 2. The van der Waals surface area contributed by atoms with Gasteiger partial charge in [-0.1, -0.05) is 75.4 Å². The number of allylic oxidation sites excluding steroid dienone is 12. The topological polar surface area (TPSA) is 95.9 Å². The van der Waals surface area contributed by atoms with Gasteiger partial charge in [0.1, 0.15) is 6.61 Å². The van der Waals surface area contributed by atoms with Crippen molar-refractivity contribution in [3.8, 4) is 11.5 Å². The second-order valence-electron chi connectivity index (χ2n) is 12.3. The molecule has 5 rings (SSSR count). The summed E-state index contributed by atoms with van der Waals surface area (Å²) in [6.07, 6.45) is 19.6. The first kappa shape index (κ1) is 28.5. The summed E-state index contributed by atoms with van der Waals surface area (Å²) in [4.78, 5) is 26.7. The predicted molar refractivity (Wildman–Crippen MR) is 160 cm³/mol. The monoisotopic (exact) mass is 553 g/mol. The number of hydrogen-bond acceptors (Lipinski definition) is 5. The van der Waals surface area contributed by atoms with Gasteiger partial charge < -0.3 is 20.3 Å². The SMILES string of the molecule is CCC(C)(CC(C)(C)C(=O)NCCc1ccc(O)c(O)c1)C(=O)OCC1=CCC2=C3C1=CC=C1C=CC=C(C=C2)C13. The number of esters is 1. The molecule has 4 aliphatic carbocycles. The van der Waals surface area contributed by atoms with Crippen LogP contribution in [-0.2, 0) is 20.7 Å². The standard InChI is InChI=1S/C35H39NO5/c1-5-35(4,21-34(2,3)32(39)36-18-17-22-9-16-28(37)29(38)19-22)33(40)41-20-26-13-12-25-11-10-23-7-6-8-24-14-15-27(26)31(25)30(23)24/h6-11,13-16,19,30,37-38H,5,12,17-18,20-21H2,1-4H3,(H,36,39). The Hall–Kier alpha value is -4.06. The Bertz CT molecular complexity index is 1500. The number of nitrogens with one attached hydrogen (secondary N) is 1. The largest absolute Gasteiger partial charge is 0.504 e. The Morgan fingerprint density at radius 2 is 1.80 bits per heavy atom. The van der Waals surface area contributed by atoms with E-state index in [-0.39, 0.29) is 35.9 Å². The molecule has 1 amide bonds. The summed E-state index contributed by atoms with van der Waals surface area (Å²) in [6.45, 7) is 8.12. The minimum Gasteiger partial charge on any atom is -0.504 e. The van der Waals surface area contributed by atoms with Gasteiger partial charge in [-0.15, -0.1) is 0 Å². The zero-order chi connectivity index (χ0) is 29.4. The van der Waals surface area contributed by atoms with Crippen LogP contribution in [0, 0.1) is 16.7 Å². The maximum atomic E-state index is 13.5. The Morgan fingerprint density at radius 1 is 1.02 bits per heavy atom. The molecular weight excluding hydrogens is 514 g/mol. The van der Waals surface area contributed by atoms with E-state index in [1.165, 1.54) is 34.4 Å². The van der Waals surface area contributed by atoms with E-state index in [9.17, 15) is 19.8 Å². The lowest BCUT2D eigenvalue weighted by Crippen LogP contribution is -2.43. The van der Waals surface area contributed by atoms with E-state index in [1.54, 1.807) is 6.07 Å². The number of ether oxygens (including phenoxy) is 1. The summed E-state index contributed by atoms with van der Waals surface area (Å²) in [5.41, 5.74) is 6.60. The van der Waals surface area contributed by atoms with Crippen LogP contribution >= 0.6 is 0 Å². The number of phenolic OH excluding ortho intramolecular Hbond substituents is 2. The van der Waals surface area contributed by atoms with E-state index in [1.807, 2.05) is 27.7 Å². The highest BCUT2D eigenvalue weighted by Crippen LogP contribution is 2.48. The molecule has 0 saturated heterocycles. The van der Waals surface area contributed by atoms with Gasteiger partial charge in [0.05, 0.1) is 5.41 Å². The van der Waals surface area contributed by atoms with E-state index in [0.29, 0.717) is 25.8 Å². The summed E-state index contributed by atoms with van der Waals surface area (Å²) in [5.74, 6) is -0.547. The molecular formula is C35H39NO5. The fourth-order valence-corrected chi connectivity index (χ4v) is 6.30. The van der Waals surface area contributed by atoms with Gasteiger partial charge in [-0.05, 0) is 83.7 Å². The molecule has 0 aliphatic heterocycles. The first-order valence-electron chi connectivity index (χ1n) is 14.4. The van der Waals surface area contributed by atoms with Gasteiger partial charge in [-0.3, -0.25) is 9.59 Å². The summed E-state index contributed by atoms with van der Waals surface area (Å²) >= 11 is 0. The van der Waals surface area contributed by atoms with E-state index < -0.39 is 10.8 Å². The first-order valence-corrected chi connectivity index (χ1v) is 14.4. The third kappa shape index (κ3) is 5.61. The number of amides is 1. The average molecular weight is 554 g/mol. The van der Waals surface area contributed by atoms with Crippen LogP contribution < -0.4 is 5.32 Å². The van der Waals surface area contributed by atoms with E-state index in [2.05, 4.69) is 53.9 Å². The van der Waals surface area contributed by atoms with E-state index in [0.717, 1.165) is 23.1 Å². The van der Waals surface area contributed by atoms with Crippen LogP contribution in [0.1, 0.15) is 52.5 Å². The molecule has 0 fully saturated rings. The van der Waals surface area contributed by atoms with Crippen LogP contribution in [0.4, 0.5) is 0 Å². The first-order chi connectivity index (χ1) is 19.5. The average Bonchev–Trinajstić information content (AvgIpc) is 2.96. The lowest BCUT2D eigenvalue weighted by Gasteiger charge is -2.37. The quantitative estimate of drug-likeness (QED) is 0.233. The van der Waals surface area contributed by atoms with Gasteiger partial charge in [-0.25, -0.2) is 0 Å². The van der Waals surface area contributed by atoms with Crippen molar-refractivity contribution in [3.63, 3.8) is 0 Å². The molecule has 6 nitrogen and oxygen atoms in total. The molecule has 2 atom stereocenters. The van der Waals surface area contributed by atoms with Crippen LogP contribution in [0.25, 0.3) is 0 Å². The molecule has 0 saturated carbocycles. The highest BCUT2D eigenvalue weighted by molar-refractivity contribution is 5.84. The van der Waals surface area contributed by atoms with Crippen molar-refractivity contribution in [1.29, 1.82) is 0 Å². The number of benzene rings is 1. The minimum atomic E-state index is -0.824. The fraction of sp³-hybridized carbons (Fsp3) is 0.371. The fourth-order valence-electron chi connectivity index (χ4n) is 6.30. The zero-order valence-electron chi connectivity index (χ0n) is 24.3. The molecule has 214 valence electrons. The Kier molecular flexibility index (Phi) is 7.69. The van der Waals surface area contributed by atoms with Gasteiger partial charge in [-0.2, -0.15) is 0 Å². The van der Waals surface area contributed by atoms with Crippen LogP contribution in [0.2, 0.25) is 0 Å². The third-order valence-corrected chi connectivity index (χ3v) is 8.82. The molecule has 0 aromatic heterocycles. The number of carbonyl (C=O) groups excluding carboxylic acids is 2. The Balaban J connectivity index is 1.20. The van der Waals surface area contributed by atoms with Crippen molar-refractivity contribution < 1.29 is 24.5 Å². The molecule has 41 heavy (non-hydrogen) atoms. The van der Waals surface area contributed by atoms with Crippen molar-refractivity contribution in [2.45, 2.75) is 53.4 Å². The van der Waals surface area contributed by atoms with Gasteiger partial charge in [0, 0.05) is 17.9 Å². The van der Waals surface area contributed by atoms with Crippen molar-refractivity contribution >= 4 is 11.9 Å². The van der Waals surface area contributed by atoms with Crippen LogP contribution in [0.5, 0.6) is 11.5 Å². The van der Waals surface area contributed by atoms with Crippen molar-refractivity contribution in [3.05, 3.63) is 106 Å². The normalized spacial score (nSPS) is 20.2. The highest BCUT2D eigenvalue weighted by Gasteiger charge is 2.42.